The molecule has 0 saturated carbocycles. The zero-order chi connectivity index (χ0) is 22.8. The molecule has 0 aliphatic heterocycles. The Morgan fingerprint density at radius 3 is 2.42 bits per heavy atom. The van der Waals surface area contributed by atoms with Crippen LogP contribution in [-0.4, -0.2) is 27.3 Å². The number of carbonyl (C=O) groups excluding carboxylic acids is 1. The fourth-order valence-electron chi connectivity index (χ4n) is 2.92. The van der Waals surface area contributed by atoms with Gasteiger partial charge in [-0.05, 0) is 37.1 Å². The summed E-state index contributed by atoms with van der Waals surface area (Å²) in [6.07, 6.45) is -4.66. The van der Waals surface area contributed by atoms with Crippen molar-refractivity contribution in [3.05, 3.63) is 64.4 Å². The Morgan fingerprint density at radius 1 is 1.10 bits per heavy atom. The number of alkyl halides is 3. The number of hydrogen-bond acceptors (Lipinski definition) is 4. The van der Waals surface area contributed by atoms with Crippen molar-refractivity contribution < 1.29 is 18.0 Å². The van der Waals surface area contributed by atoms with Gasteiger partial charge >= 0.3 is 6.18 Å². The molecular formula is C22H22F3N3O2S. The molecule has 0 aliphatic rings. The molecule has 3 aromatic rings. The monoisotopic (exact) mass is 449 g/mol. The molecule has 1 amide bonds. The van der Waals surface area contributed by atoms with Gasteiger partial charge in [-0.25, -0.2) is 4.98 Å². The van der Waals surface area contributed by atoms with Crippen LogP contribution in [0.5, 0.6) is 0 Å². The lowest BCUT2D eigenvalue weighted by atomic mass is 10.1. The minimum atomic E-state index is -4.66. The maximum atomic E-state index is 13.6. The number of aromatic nitrogens is 2. The van der Waals surface area contributed by atoms with Crippen LogP contribution in [0.3, 0.4) is 0 Å². The van der Waals surface area contributed by atoms with E-state index in [1.165, 1.54) is 24.3 Å². The van der Waals surface area contributed by atoms with Crippen molar-refractivity contribution in [3.8, 4) is 5.69 Å². The van der Waals surface area contributed by atoms with E-state index in [0.29, 0.717) is 5.52 Å². The van der Waals surface area contributed by atoms with E-state index in [9.17, 15) is 22.8 Å². The van der Waals surface area contributed by atoms with E-state index < -0.39 is 17.3 Å². The molecule has 9 heteroatoms. The summed E-state index contributed by atoms with van der Waals surface area (Å²) in [4.78, 5) is 29.9. The number of halogens is 3. The van der Waals surface area contributed by atoms with Gasteiger partial charge in [-0.15, -0.1) is 0 Å². The van der Waals surface area contributed by atoms with E-state index in [-0.39, 0.29) is 39.8 Å². The fourth-order valence-corrected chi connectivity index (χ4v) is 3.74. The molecule has 0 bridgehead atoms. The Morgan fingerprint density at radius 2 is 1.74 bits per heavy atom. The number of para-hydroxylation sites is 2. The molecule has 0 saturated heterocycles. The highest BCUT2D eigenvalue weighted by atomic mass is 32.2. The zero-order valence-corrected chi connectivity index (χ0v) is 18.1. The van der Waals surface area contributed by atoms with Crippen LogP contribution in [0, 0.1) is 5.92 Å². The summed E-state index contributed by atoms with van der Waals surface area (Å²) in [5.41, 5.74) is -1.54. The second kappa shape index (κ2) is 9.13. The van der Waals surface area contributed by atoms with E-state index >= 15 is 0 Å². The van der Waals surface area contributed by atoms with Crippen molar-refractivity contribution in [2.75, 3.05) is 5.75 Å². The van der Waals surface area contributed by atoms with E-state index in [4.69, 9.17) is 0 Å². The molecule has 5 nitrogen and oxygen atoms in total. The number of amides is 1. The average molecular weight is 449 g/mol. The summed E-state index contributed by atoms with van der Waals surface area (Å²) in [5, 5.41) is 3.06. The van der Waals surface area contributed by atoms with Gasteiger partial charge in [0.15, 0.2) is 5.16 Å². The standard InChI is InChI=1S/C22H22F3N3O2S/c1-13(2)14(3)26-19(29)12-31-21-27-17-10-6-4-8-15(17)20(30)28(21)18-11-7-5-9-16(18)22(23,24)25/h4-11,13-14H,12H2,1-3H3,(H,26,29)/t14-/m0/s1. The number of nitrogens with zero attached hydrogens (tertiary/aromatic N) is 2. The number of nitrogens with one attached hydrogen (secondary N) is 1. The van der Waals surface area contributed by atoms with Gasteiger partial charge in [0, 0.05) is 6.04 Å². The van der Waals surface area contributed by atoms with E-state index in [1.807, 2.05) is 20.8 Å². The van der Waals surface area contributed by atoms with Crippen LogP contribution in [-0.2, 0) is 11.0 Å². The van der Waals surface area contributed by atoms with Crippen molar-refractivity contribution in [3.63, 3.8) is 0 Å². The van der Waals surface area contributed by atoms with E-state index in [1.54, 1.807) is 18.2 Å². The van der Waals surface area contributed by atoms with Gasteiger partial charge in [0.25, 0.3) is 5.56 Å². The fraction of sp³-hybridized carbons (Fsp3) is 0.318. The lowest BCUT2D eigenvalue weighted by molar-refractivity contribution is -0.137. The molecule has 31 heavy (non-hydrogen) atoms. The van der Waals surface area contributed by atoms with Crippen LogP contribution in [0.25, 0.3) is 16.6 Å². The molecule has 0 fully saturated rings. The van der Waals surface area contributed by atoms with Crippen molar-refractivity contribution in [1.29, 1.82) is 0 Å². The van der Waals surface area contributed by atoms with Crippen LogP contribution in [0.2, 0.25) is 0 Å². The highest BCUT2D eigenvalue weighted by molar-refractivity contribution is 7.99. The lowest BCUT2D eigenvalue weighted by Gasteiger charge is -2.19. The Bertz CT molecular complexity index is 1160. The number of carbonyl (C=O) groups is 1. The normalized spacial score (nSPS) is 12.9. The summed E-state index contributed by atoms with van der Waals surface area (Å²) < 4.78 is 41.9. The van der Waals surface area contributed by atoms with Gasteiger partial charge < -0.3 is 5.32 Å². The van der Waals surface area contributed by atoms with Crippen molar-refractivity contribution >= 4 is 28.6 Å². The van der Waals surface area contributed by atoms with Crippen LogP contribution in [0.4, 0.5) is 13.2 Å². The Hall–Kier alpha value is -2.81. The highest BCUT2D eigenvalue weighted by Gasteiger charge is 2.34. The SMILES string of the molecule is CC(C)[C@H](C)NC(=O)CSc1nc2ccccc2c(=O)n1-c1ccccc1C(F)(F)F. The van der Waals surface area contributed by atoms with Gasteiger partial charge in [0.1, 0.15) is 0 Å². The van der Waals surface area contributed by atoms with Crippen LogP contribution >= 0.6 is 11.8 Å². The number of rotatable bonds is 6. The molecule has 0 unspecified atom stereocenters. The molecule has 1 atom stereocenters. The maximum absolute atomic E-state index is 13.6. The summed E-state index contributed by atoms with van der Waals surface area (Å²) in [6, 6.07) is 11.2. The summed E-state index contributed by atoms with van der Waals surface area (Å²) in [6.45, 7) is 5.81. The minimum absolute atomic E-state index is 0.0211. The molecule has 0 aliphatic carbocycles. The van der Waals surface area contributed by atoms with Crippen LogP contribution in [0.1, 0.15) is 26.3 Å². The largest absolute Gasteiger partial charge is 0.418 e. The molecule has 1 aromatic heterocycles. The number of fused-ring (bicyclic) bond motifs is 1. The van der Waals surface area contributed by atoms with Gasteiger partial charge in [0.2, 0.25) is 5.91 Å². The number of thioether (sulfide) groups is 1. The topological polar surface area (TPSA) is 64.0 Å². The molecule has 0 radical (unpaired) electrons. The lowest BCUT2D eigenvalue weighted by Crippen LogP contribution is -2.37. The summed E-state index contributed by atoms with van der Waals surface area (Å²) in [7, 11) is 0. The maximum Gasteiger partial charge on any atom is 0.418 e. The quantitative estimate of drug-likeness (QED) is 0.439. The highest BCUT2D eigenvalue weighted by Crippen LogP contribution is 2.34. The second-order valence-electron chi connectivity index (χ2n) is 7.46. The summed E-state index contributed by atoms with van der Waals surface area (Å²) >= 11 is 0.924. The molecule has 3 rings (SSSR count). The first-order valence-corrected chi connectivity index (χ1v) is 10.7. The predicted molar refractivity (Wildman–Crippen MR) is 116 cm³/mol. The second-order valence-corrected chi connectivity index (χ2v) is 8.40. The minimum Gasteiger partial charge on any atom is -0.353 e. The zero-order valence-electron chi connectivity index (χ0n) is 17.2. The van der Waals surface area contributed by atoms with Gasteiger partial charge in [-0.3, -0.25) is 14.2 Å². The number of benzene rings is 2. The number of hydrogen-bond donors (Lipinski definition) is 1. The third-order valence-corrected chi connectivity index (χ3v) is 5.85. The molecular weight excluding hydrogens is 427 g/mol. The van der Waals surface area contributed by atoms with Crippen molar-refractivity contribution in [1.82, 2.24) is 14.9 Å². The molecule has 2 aromatic carbocycles. The predicted octanol–water partition coefficient (Wildman–Crippen LogP) is 4.66. The van der Waals surface area contributed by atoms with Crippen LogP contribution in [0.15, 0.2) is 58.5 Å². The smallest absolute Gasteiger partial charge is 0.353 e. The van der Waals surface area contributed by atoms with Gasteiger partial charge in [-0.2, -0.15) is 13.2 Å². The van der Waals surface area contributed by atoms with Crippen molar-refractivity contribution in [2.45, 2.75) is 38.1 Å². The van der Waals surface area contributed by atoms with E-state index in [2.05, 4.69) is 10.3 Å². The average Bonchev–Trinajstić information content (AvgIpc) is 2.71. The van der Waals surface area contributed by atoms with Crippen LogP contribution < -0.4 is 10.9 Å². The molecule has 1 N–H and O–H groups in total. The summed E-state index contributed by atoms with van der Waals surface area (Å²) in [5.74, 6) is -0.149. The first-order valence-electron chi connectivity index (χ1n) is 9.70. The van der Waals surface area contributed by atoms with Gasteiger partial charge in [0.05, 0.1) is 27.9 Å². The van der Waals surface area contributed by atoms with Crippen molar-refractivity contribution in [2.24, 2.45) is 5.92 Å². The first-order chi connectivity index (χ1) is 14.6. The van der Waals surface area contributed by atoms with Gasteiger partial charge in [-0.1, -0.05) is 49.9 Å². The molecule has 164 valence electrons. The third-order valence-electron chi connectivity index (χ3n) is 4.92. The third kappa shape index (κ3) is 5.10. The first kappa shape index (κ1) is 22.9. The Labute approximate surface area is 181 Å². The molecule has 0 spiro atoms. The Kier molecular flexibility index (Phi) is 6.74. The van der Waals surface area contributed by atoms with E-state index in [0.717, 1.165) is 22.4 Å². The molecule has 1 heterocycles. The Balaban J connectivity index is 2.10.